The van der Waals surface area contributed by atoms with Crippen molar-refractivity contribution in [3.05, 3.63) is 6.42 Å². The van der Waals surface area contributed by atoms with Crippen LogP contribution in [-0.2, 0) is 4.79 Å². The fourth-order valence-corrected chi connectivity index (χ4v) is 2.80. The molecule has 1 rings (SSSR count). The lowest BCUT2D eigenvalue weighted by Crippen LogP contribution is -2.41. The molecular weight excluding hydrogens is 228 g/mol. The number of hydrogen-bond donors (Lipinski definition) is 0. The van der Waals surface area contributed by atoms with Crippen LogP contribution in [0.4, 0.5) is 0 Å². The highest BCUT2D eigenvalue weighted by Crippen LogP contribution is 2.51. The SMILES string of the molecule is CC(C)(C)C1(C(=O)CBr)[CH]CCC1. The molecule has 1 fully saturated rings. The summed E-state index contributed by atoms with van der Waals surface area (Å²) >= 11 is 3.28. The quantitative estimate of drug-likeness (QED) is 0.683. The molecule has 75 valence electrons. The molecule has 0 aromatic carbocycles. The fraction of sp³-hybridized carbons (Fsp3) is 0.818. The van der Waals surface area contributed by atoms with E-state index < -0.39 is 0 Å². The highest BCUT2D eigenvalue weighted by Gasteiger charge is 2.48. The minimum absolute atomic E-state index is 0.0638. The summed E-state index contributed by atoms with van der Waals surface area (Å²) < 4.78 is 0. The first-order valence-corrected chi connectivity index (χ1v) is 6.00. The molecule has 1 atom stereocenters. The maximum atomic E-state index is 11.9. The van der Waals surface area contributed by atoms with Crippen LogP contribution in [0.3, 0.4) is 0 Å². The van der Waals surface area contributed by atoms with E-state index in [1.54, 1.807) is 0 Å². The van der Waals surface area contributed by atoms with E-state index in [9.17, 15) is 4.79 Å². The zero-order chi connectivity index (χ0) is 10.1. The minimum atomic E-state index is -0.170. The highest BCUT2D eigenvalue weighted by molar-refractivity contribution is 9.09. The lowest BCUT2D eigenvalue weighted by atomic mass is 9.63. The van der Waals surface area contributed by atoms with Gasteiger partial charge in [0.2, 0.25) is 0 Å². The number of Topliss-reactive ketones (excluding diaryl/α,β-unsaturated/α-hetero) is 1. The first-order valence-electron chi connectivity index (χ1n) is 4.88. The van der Waals surface area contributed by atoms with E-state index >= 15 is 0 Å². The van der Waals surface area contributed by atoms with Gasteiger partial charge in [-0.05, 0) is 24.7 Å². The number of ketones is 1. The number of carbonyl (C=O) groups is 1. The normalized spacial score (nSPS) is 21.8. The van der Waals surface area contributed by atoms with E-state index in [0.29, 0.717) is 11.1 Å². The average molecular weight is 246 g/mol. The third kappa shape index (κ3) is 1.83. The smallest absolute Gasteiger partial charge is 0.150 e. The van der Waals surface area contributed by atoms with Crippen molar-refractivity contribution in [2.45, 2.75) is 40.0 Å². The molecular formula is C11H18BrO. The average Bonchev–Trinajstić information content (AvgIpc) is 2.50. The summed E-state index contributed by atoms with van der Waals surface area (Å²) in [5.74, 6) is 0.345. The summed E-state index contributed by atoms with van der Waals surface area (Å²) in [5.41, 5.74) is -0.106. The first kappa shape index (κ1) is 11.2. The van der Waals surface area contributed by atoms with E-state index in [1.165, 1.54) is 0 Å². The van der Waals surface area contributed by atoms with Crippen LogP contribution in [0.2, 0.25) is 0 Å². The van der Waals surface area contributed by atoms with Gasteiger partial charge in [0, 0.05) is 5.41 Å². The number of hydrogen-bond acceptors (Lipinski definition) is 1. The Balaban J connectivity index is 2.94. The van der Waals surface area contributed by atoms with Gasteiger partial charge in [0.25, 0.3) is 0 Å². The fourth-order valence-electron chi connectivity index (χ4n) is 2.30. The largest absolute Gasteiger partial charge is 0.298 e. The molecule has 1 saturated carbocycles. The molecule has 0 heterocycles. The van der Waals surface area contributed by atoms with E-state index in [-0.39, 0.29) is 10.8 Å². The Bertz CT molecular complexity index is 197. The molecule has 0 bridgehead atoms. The van der Waals surface area contributed by atoms with E-state index in [0.717, 1.165) is 19.3 Å². The van der Waals surface area contributed by atoms with Gasteiger partial charge in [0.1, 0.15) is 5.78 Å². The van der Waals surface area contributed by atoms with Crippen molar-refractivity contribution < 1.29 is 4.79 Å². The molecule has 0 aliphatic heterocycles. The van der Waals surface area contributed by atoms with Crippen LogP contribution < -0.4 is 0 Å². The van der Waals surface area contributed by atoms with Gasteiger partial charge >= 0.3 is 0 Å². The van der Waals surface area contributed by atoms with Gasteiger partial charge in [0.15, 0.2) is 0 Å². The zero-order valence-electron chi connectivity index (χ0n) is 8.69. The highest BCUT2D eigenvalue weighted by atomic mass is 79.9. The Hall–Kier alpha value is 0.150. The molecule has 2 heteroatoms. The van der Waals surface area contributed by atoms with Crippen molar-refractivity contribution in [2.75, 3.05) is 5.33 Å². The summed E-state index contributed by atoms with van der Waals surface area (Å²) in [6.45, 7) is 6.49. The van der Waals surface area contributed by atoms with Crippen molar-refractivity contribution in [3.63, 3.8) is 0 Å². The minimum Gasteiger partial charge on any atom is -0.298 e. The predicted octanol–water partition coefficient (Wildman–Crippen LogP) is 3.37. The Morgan fingerprint density at radius 3 is 2.46 bits per heavy atom. The van der Waals surface area contributed by atoms with Crippen LogP contribution in [0.25, 0.3) is 0 Å². The van der Waals surface area contributed by atoms with Gasteiger partial charge in [-0.1, -0.05) is 43.1 Å². The maximum absolute atomic E-state index is 11.9. The van der Waals surface area contributed by atoms with Crippen molar-refractivity contribution in [2.24, 2.45) is 10.8 Å². The molecule has 0 aromatic heterocycles. The Kier molecular flexibility index (Phi) is 3.21. The van der Waals surface area contributed by atoms with Crippen LogP contribution in [0.5, 0.6) is 0 Å². The number of halogens is 1. The molecule has 1 aliphatic rings. The molecule has 0 aromatic rings. The van der Waals surface area contributed by atoms with Gasteiger partial charge in [0.05, 0.1) is 5.33 Å². The topological polar surface area (TPSA) is 17.1 Å². The first-order chi connectivity index (χ1) is 5.94. The number of alkyl halides is 1. The van der Waals surface area contributed by atoms with Gasteiger partial charge in [-0.15, -0.1) is 0 Å². The van der Waals surface area contributed by atoms with Crippen LogP contribution in [0.15, 0.2) is 0 Å². The molecule has 1 aliphatic carbocycles. The summed E-state index contributed by atoms with van der Waals surface area (Å²) in [6.07, 6.45) is 5.52. The monoisotopic (exact) mass is 245 g/mol. The lowest BCUT2D eigenvalue weighted by Gasteiger charge is -2.40. The molecule has 0 amide bonds. The van der Waals surface area contributed by atoms with E-state index in [2.05, 4.69) is 43.1 Å². The van der Waals surface area contributed by atoms with Gasteiger partial charge in [-0.3, -0.25) is 4.79 Å². The zero-order valence-corrected chi connectivity index (χ0v) is 10.3. The molecule has 0 spiro atoms. The summed E-state index contributed by atoms with van der Waals surface area (Å²) in [5, 5.41) is 0.487. The van der Waals surface area contributed by atoms with Gasteiger partial charge in [-0.2, -0.15) is 0 Å². The third-order valence-electron chi connectivity index (χ3n) is 3.23. The van der Waals surface area contributed by atoms with Crippen molar-refractivity contribution >= 4 is 21.7 Å². The Labute approximate surface area is 89.4 Å². The van der Waals surface area contributed by atoms with Crippen LogP contribution in [-0.4, -0.2) is 11.1 Å². The summed E-state index contributed by atoms with van der Waals surface area (Å²) in [7, 11) is 0. The Morgan fingerprint density at radius 1 is 1.54 bits per heavy atom. The standard InChI is InChI=1S/C11H18BrO/c1-10(2,3)11(9(13)8-12)6-4-5-7-11/h6H,4-5,7-8H2,1-3H3. The number of rotatable bonds is 2. The summed E-state index contributed by atoms with van der Waals surface area (Å²) in [6, 6.07) is 0. The molecule has 1 unspecified atom stereocenters. The second kappa shape index (κ2) is 3.72. The molecule has 1 radical (unpaired) electrons. The molecule has 0 N–H and O–H groups in total. The molecule has 0 saturated heterocycles. The van der Waals surface area contributed by atoms with Crippen molar-refractivity contribution in [1.29, 1.82) is 0 Å². The van der Waals surface area contributed by atoms with Crippen LogP contribution in [0.1, 0.15) is 40.0 Å². The summed E-state index contributed by atoms with van der Waals surface area (Å²) in [4.78, 5) is 11.9. The van der Waals surface area contributed by atoms with E-state index in [1.807, 2.05) is 0 Å². The van der Waals surface area contributed by atoms with Crippen LogP contribution >= 0.6 is 15.9 Å². The van der Waals surface area contributed by atoms with Crippen molar-refractivity contribution in [1.82, 2.24) is 0 Å². The van der Waals surface area contributed by atoms with Crippen molar-refractivity contribution in [3.8, 4) is 0 Å². The second-order valence-electron chi connectivity index (χ2n) is 4.87. The van der Waals surface area contributed by atoms with E-state index in [4.69, 9.17) is 0 Å². The Morgan fingerprint density at radius 2 is 2.15 bits per heavy atom. The molecule has 1 nitrogen and oxygen atoms in total. The lowest BCUT2D eigenvalue weighted by molar-refractivity contribution is -0.129. The second-order valence-corrected chi connectivity index (χ2v) is 5.44. The van der Waals surface area contributed by atoms with Gasteiger partial charge in [-0.25, -0.2) is 0 Å². The third-order valence-corrected chi connectivity index (χ3v) is 3.73. The molecule has 13 heavy (non-hydrogen) atoms. The maximum Gasteiger partial charge on any atom is 0.150 e. The van der Waals surface area contributed by atoms with Gasteiger partial charge < -0.3 is 0 Å². The number of carbonyl (C=O) groups excluding carboxylic acids is 1. The predicted molar refractivity (Wildman–Crippen MR) is 58.8 cm³/mol. The van der Waals surface area contributed by atoms with Crippen LogP contribution in [0, 0.1) is 17.3 Å².